The van der Waals surface area contributed by atoms with Crippen LogP contribution >= 0.6 is 0 Å². The fourth-order valence-corrected chi connectivity index (χ4v) is 3.07. The molecular formula is C22H29N5. The van der Waals surface area contributed by atoms with Crippen molar-refractivity contribution in [3.8, 4) is 0 Å². The molecule has 1 aromatic carbocycles. The summed E-state index contributed by atoms with van der Waals surface area (Å²) in [7, 11) is 0. The van der Waals surface area contributed by atoms with Gasteiger partial charge in [0.25, 0.3) is 0 Å². The van der Waals surface area contributed by atoms with Gasteiger partial charge in [-0.15, -0.1) is 0 Å². The van der Waals surface area contributed by atoms with Crippen molar-refractivity contribution in [2.75, 3.05) is 19.6 Å². The average molecular weight is 364 g/mol. The number of aliphatic imine (C=N–C) groups is 1. The van der Waals surface area contributed by atoms with E-state index in [-0.39, 0.29) is 0 Å². The lowest BCUT2D eigenvalue weighted by atomic mass is 10.00. The molecule has 0 amide bonds. The average Bonchev–Trinajstić information content (AvgIpc) is 3.08. The molecule has 2 N–H and O–H groups in total. The van der Waals surface area contributed by atoms with Gasteiger partial charge < -0.3 is 15.0 Å². The first-order valence-corrected chi connectivity index (χ1v) is 9.67. The number of rotatable bonds is 7. The molecule has 0 spiro atoms. The number of guanidine groups is 1. The van der Waals surface area contributed by atoms with Crippen molar-refractivity contribution in [3.63, 3.8) is 0 Å². The normalized spacial score (nSPS) is 12.9. The maximum Gasteiger partial charge on any atom is 0.191 e. The first-order valence-electron chi connectivity index (χ1n) is 9.67. The second-order valence-corrected chi connectivity index (χ2v) is 6.91. The summed E-state index contributed by atoms with van der Waals surface area (Å²) in [5, 5.41) is 6.75. The summed E-state index contributed by atoms with van der Waals surface area (Å²) in [6, 6.07) is 14.7. The van der Waals surface area contributed by atoms with Crippen LogP contribution in [0.25, 0.3) is 5.65 Å². The van der Waals surface area contributed by atoms with Crippen LogP contribution in [0, 0.1) is 6.92 Å². The second-order valence-electron chi connectivity index (χ2n) is 6.91. The monoisotopic (exact) mass is 363 g/mol. The molecule has 0 bridgehead atoms. The van der Waals surface area contributed by atoms with E-state index >= 15 is 0 Å². The Kier molecular flexibility index (Phi) is 6.47. The third-order valence-corrected chi connectivity index (χ3v) is 4.57. The molecular weight excluding hydrogens is 334 g/mol. The Balaban J connectivity index is 1.55. The number of benzene rings is 1. The molecule has 0 fully saturated rings. The molecule has 1 unspecified atom stereocenters. The van der Waals surface area contributed by atoms with Gasteiger partial charge in [0.1, 0.15) is 5.65 Å². The van der Waals surface area contributed by atoms with E-state index in [9.17, 15) is 0 Å². The van der Waals surface area contributed by atoms with E-state index in [2.05, 4.69) is 71.3 Å². The summed E-state index contributed by atoms with van der Waals surface area (Å²) in [5.41, 5.74) is 4.69. The van der Waals surface area contributed by atoms with Gasteiger partial charge >= 0.3 is 0 Å². The number of pyridine rings is 1. The zero-order valence-electron chi connectivity index (χ0n) is 16.4. The van der Waals surface area contributed by atoms with E-state index in [4.69, 9.17) is 4.99 Å². The summed E-state index contributed by atoms with van der Waals surface area (Å²) in [5.74, 6) is 1.25. The van der Waals surface area contributed by atoms with Crippen molar-refractivity contribution in [1.82, 2.24) is 20.0 Å². The molecule has 1 atom stereocenters. The molecule has 0 radical (unpaired) electrons. The first kappa shape index (κ1) is 19.0. The fourth-order valence-electron chi connectivity index (χ4n) is 3.07. The van der Waals surface area contributed by atoms with Gasteiger partial charge in [0.15, 0.2) is 5.96 Å². The molecule has 3 rings (SSSR count). The Labute approximate surface area is 161 Å². The van der Waals surface area contributed by atoms with Crippen LogP contribution in [0.1, 0.15) is 36.6 Å². The second kappa shape index (κ2) is 9.21. The number of fused-ring (bicyclic) bond motifs is 1. The Hall–Kier alpha value is -2.82. The minimum Gasteiger partial charge on any atom is -0.357 e. The quantitative estimate of drug-likeness (QED) is 0.499. The van der Waals surface area contributed by atoms with Gasteiger partial charge in [0.2, 0.25) is 0 Å². The van der Waals surface area contributed by atoms with Crippen LogP contribution in [0.5, 0.6) is 0 Å². The summed E-state index contributed by atoms with van der Waals surface area (Å²) in [4.78, 5) is 9.40. The zero-order valence-corrected chi connectivity index (χ0v) is 16.4. The highest BCUT2D eigenvalue weighted by molar-refractivity contribution is 5.79. The number of hydrogen-bond acceptors (Lipinski definition) is 2. The van der Waals surface area contributed by atoms with E-state index in [1.807, 2.05) is 24.4 Å². The Morgan fingerprint density at radius 3 is 2.85 bits per heavy atom. The van der Waals surface area contributed by atoms with Gasteiger partial charge in [0, 0.05) is 44.4 Å². The summed E-state index contributed by atoms with van der Waals surface area (Å²) in [6.07, 6.45) is 4.97. The highest BCUT2D eigenvalue weighted by Gasteiger charge is 2.06. The third kappa shape index (κ3) is 5.33. The SMILES string of the molecule is CCNC(=NCC(C)c1cccc(C)c1)NCCc1cn2ccccc2n1. The van der Waals surface area contributed by atoms with Crippen LogP contribution in [-0.4, -0.2) is 35.0 Å². The van der Waals surface area contributed by atoms with Crippen molar-refractivity contribution >= 4 is 11.6 Å². The van der Waals surface area contributed by atoms with Gasteiger partial charge in [-0.1, -0.05) is 42.8 Å². The van der Waals surface area contributed by atoms with Crippen molar-refractivity contribution in [1.29, 1.82) is 0 Å². The molecule has 5 nitrogen and oxygen atoms in total. The van der Waals surface area contributed by atoms with E-state index < -0.39 is 0 Å². The number of nitrogens with zero attached hydrogens (tertiary/aromatic N) is 3. The predicted octanol–water partition coefficient (Wildman–Crippen LogP) is 3.54. The number of aryl methyl sites for hydroxylation is 1. The Morgan fingerprint density at radius 2 is 2.07 bits per heavy atom. The van der Waals surface area contributed by atoms with Gasteiger partial charge in [-0.25, -0.2) is 4.98 Å². The highest BCUT2D eigenvalue weighted by Crippen LogP contribution is 2.16. The van der Waals surface area contributed by atoms with Gasteiger partial charge in [-0.05, 0) is 31.5 Å². The van der Waals surface area contributed by atoms with Crippen molar-refractivity contribution < 1.29 is 0 Å². The summed E-state index contributed by atoms with van der Waals surface area (Å²) < 4.78 is 2.05. The van der Waals surface area contributed by atoms with E-state index in [1.165, 1.54) is 11.1 Å². The van der Waals surface area contributed by atoms with Crippen molar-refractivity contribution in [2.24, 2.45) is 4.99 Å². The molecule has 5 heteroatoms. The molecule has 0 aliphatic rings. The van der Waals surface area contributed by atoms with Gasteiger partial charge in [-0.3, -0.25) is 4.99 Å². The number of nitrogens with one attached hydrogen (secondary N) is 2. The number of imidazole rings is 1. The maximum atomic E-state index is 4.76. The van der Waals surface area contributed by atoms with Crippen LogP contribution in [0.3, 0.4) is 0 Å². The third-order valence-electron chi connectivity index (χ3n) is 4.57. The predicted molar refractivity (Wildman–Crippen MR) is 112 cm³/mol. The molecule has 142 valence electrons. The smallest absolute Gasteiger partial charge is 0.191 e. The lowest BCUT2D eigenvalue weighted by Gasteiger charge is -2.14. The summed E-state index contributed by atoms with van der Waals surface area (Å²) >= 11 is 0. The summed E-state index contributed by atoms with van der Waals surface area (Å²) in [6.45, 7) is 8.84. The molecule has 27 heavy (non-hydrogen) atoms. The Morgan fingerprint density at radius 1 is 1.19 bits per heavy atom. The van der Waals surface area contributed by atoms with E-state index in [0.29, 0.717) is 5.92 Å². The van der Waals surface area contributed by atoms with Gasteiger partial charge in [-0.2, -0.15) is 0 Å². The highest BCUT2D eigenvalue weighted by atomic mass is 15.2. The molecule has 0 aliphatic heterocycles. The first-order chi connectivity index (χ1) is 13.2. The Bertz CT molecular complexity index is 863. The fraction of sp³-hybridized carbons (Fsp3) is 0.364. The number of hydrogen-bond donors (Lipinski definition) is 2. The van der Waals surface area contributed by atoms with E-state index in [0.717, 1.165) is 43.4 Å². The zero-order chi connectivity index (χ0) is 19.1. The van der Waals surface area contributed by atoms with Crippen molar-refractivity contribution in [2.45, 2.75) is 33.1 Å². The van der Waals surface area contributed by atoms with Crippen LogP contribution < -0.4 is 10.6 Å². The number of aromatic nitrogens is 2. The standard InChI is InChI=1S/C22H29N5/c1-4-23-22(25-15-18(3)19-9-7-8-17(2)14-19)24-12-11-20-16-27-13-6-5-10-21(27)26-20/h5-10,13-14,16,18H,4,11-12,15H2,1-3H3,(H2,23,24,25). The molecule has 2 aromatic heterocycles. The topological polar surface area (TPSA) is 53.7 Å². The molecule has 0 aliphatic carbocycles. The largest absolute Gasteiger partial charge is 0.357 e. The minimum absolute atomic E-state index is 0.388. The lowest BCUT2D eigenvalue weighted by molar-refractivity contribution is 0.743. The lowest BCUT2D eigenvalue weighted by Crippen LogP contribution is -2.38. The van der Waals surface area contributed by atoms with E-state index in [1.54, 1.807) is 0 Å². The minimum atomic E-state index is 0.388. The molecule has 3 aromatic rings. The van der Waals surface area contributed by atoms with Crippen LogP contribution in [-0.2, 0) is 6.42 Å². The van der Waals surface area contributed by atoms with Crippen molar-refractivity contribution in [3.05, 3.63) is 71.7 Å². The maximum absolute atomic E-state index is 4.76. The van der Waals surface area contributed by atoms with Crippen LogP contribution in [0.2, 0.25) is 0 Å². The molecule has 0 saturated carbocycles. The van der Waals surface area contributed by atoms with Crippen LogP contribution in [0.4, 0.5) is 0 Å². The molecule has 0 saturated heterocycles. The molecule has 2 heterocycles. The van der Waals surface area contributed by atoms with Crippen LogP contribution in [0.15, 0.2) is 59.9 Å². The van der Waals surface area contributed by atoms with Gasteiger partial charge in [0.05, 0.1) is 5.69 Å².